The second-order valence-corrected chi connectivity index (χ2v) is 10.5. The van der Waals surface area contributed by atoms with Gasteiger partial charge in [0, 0.05) is 9.79 Å². The lowest BCUT2D eigenvalue weighted by atomic mass is 10.5. The molecule has 3 aromatic heterocycles. The molecule has 0 radical (unpaired) electrons. The maximum atomic E-state index is 2.19. The largest absolute Gasteiger partial charge is 0.131 e. The molecular formula is C12H12S7. The third-order valence-corrected chi connectivity index (χ3v) is 11.4. The van der Waals surface area contributed by atoms with E-state index in [2.05, 4.69) is 25.0 Å². The van der Waals surface area contributed by atoms with Crippen molar-refractivity contribution in [2.24, 2.45) is 0 Å². The second kappa shape index (κ2) is 6.02. The van der Waals surface area contributed by atoms with Gasteiger partial charge in [-0.25, -0.2) is 0 Å². The molecule has 7 heteroatoms. The van der Waals surface area contributed by atoms with Gasteiger partial charge >= 0.3 is 0 Å². The molecule has 0 nitrogen and oxygen atoms in total. The van der Waals surface area contributed by atoms with Crippen LogP contribution in [0.5, 0.6) is 0 Å². The van der Waals surface area contributed by atoms with E-state index in [1.807, 2.05) is 81.1 Å². The van der Waals surface area contributed by atoms with Crippen molar-refractivity contribution in [3.8, 4) is 0 Å². The molecule has 0 N–H and O–H groups in total. The molecule has 0 amide bonds. The normalized spacial score (nSPS) is 12.0. The summed E-state index contributed by atoms with van der Waals surface area (Å²) in [6.07, 6.45) is 8.75. The minimum absolute atomic E-state index is 1.47. The molecule has 0 aliphatic rings. The molecule has 0 saturated heterocycles. The lowest BCUT2D eigenvalue weighted by Crippen LogP contribution is -1.66. The Balaban J connectivity index is 2.37. The summed E-state index contributed by atoms with van der Waals surface area (Å²) in [5.74, 6) is 0. The van der Waals surface area contributed by atoms with Crippen LogP contribution in [-0.4, -0.2) is 25.0 Å². The minimum Gasteiger partial charge on any atom is -0.131 e. The fraction of sp³-hybridized carbons (Fsp3) is 0.333. The van der Waals surface area contributed by atoms with Gasteiger partial charge in [0.2, 0.25) is 0 Å². The number of fused-ring (bicyclic) bond motifs is 3. The van der Waals surface area contributed by atoms with Crippen LogP contribution in [0.25, 0.3) is 18.8 Å². The molecule has 102 valence electrons. The highest BCUT2D eigenvalue weighted by atomic mass is 32.2. The Hall–Kier alpha value is 1.02. The van der Waals surface area contributed by atoms with Crippen LogP contribution in [0.15, 0.2) is 18.2 Å². The predicted octanol–water partition coefficient (Wildman–Crippen LogP) is 7.07. The Bertz CT molecular complexity index is 669. The molecule has 0 aliphatic carbocycles. The highest BCUT2D eigenvalue weighted by Gasteiger charge is 2.21. The standard InChI is InChI=1S/C12H12S7/c1-13-9-7-5(18-11(9)15-3)6-8(17-7)10(14-2)12(16-4)19-6/h1-4H3. The number of thioether (sulfide) groups is 4. The van der Waals surface area contributed by atoms with E-state index in [1.54, 1.807) is 0 Å². The summed E-state index contributed by atoms with van der Waals surface area (Å²) in [7, 11) is 0. The van der Waals surface area contributed by atoms with Gasteiger partial charge in [-0.3, -0.25) is 0 Å². The van der Waals surface area contributed by atoms with E-state index in [-0.39, 0.29) is 0 Å². The zero-order chi connectivity index (χ0) is 13.6. The van der Waals surface area contributed by atoms with Gasteiger partial charge in [0.1, 0.15) is 0 Å². The monoisotopic (exact) mass is 380 g/mol. The summed E-state index contributed by atoms with van der Waals surface area (Å²) >= 11 is 13.5. The third kappa shape index (κ3) is 2.29. The summed E-state index contributed by atoms with van der Waals surface area (Å²) in [6, 6.07) is 0. The van der Waals surface area contributed by atoms with Crippen LogP contribution < -0.4 is 0 Å². The van der Waals surface area contributed by atoms with Gasteiger partial charge in [-0.15, -0.1) is 81.1 Å². The van der Waals surface area contributed by atoms with Gasteiger partial charge in [-0.2, -0.15) is 0 Å². The summed E-state index contributed by atoms with van der Waals surface area (Å²) in [4.78, 5) is 2.97. The average Bonchev–Trinajstić information content (AvgIpc) is 3.04. The summed E-state index contributed by atoms with van der Waals surface area (Å²) in [5, 5.41) is 0. The van der Waals surface area contributed by atoms with Crippen molar-refractivity contribution in [1.82, 2.24) is 0 Å². The van der Waals surface area contributed by atoms with Crippen LogP contribution in [0.4, 0.5) is 0 Å². The average molecular weight is 381 g/mol. The predicted molar refractivity (Wildman–Crippen MR) is 102 cm³/mol. The van der Waals surface area contributed by atoms with Gasteiger partial charge in [0.15, 0.2) is 0 Å². The molecular weight excluding hydrogens is 369 g/mol. The number of hydrogen-bond acceptors (Lipinski definition) is 7. The van der Waals surface area contributed by atoms with E-state index in [4.69, 9.17) is 0 Å². The van der Waals surface area contributed by atoms with E-state index in [0.29, 0.717) is 0 Å². The summed E-state index contributed by atoms with van der Waals surface area (Å²) < 4.78 is 8.97. The first kappa shape index (κ1) is 14.9. The first-order valence-electron chi connectivity index (χ1n) is 5.42. The number of rotatable bonds is 4. The van der Waals surface area contributed by atoms with Crippen LogP contribution in [-0.2, 0) is 0 Å². The molecule has 0 bridgehead atoms. The molecule has 3 aromatic rings. The first-order valence-corrected chi connectivity index (χ1v) is 12.8. The SMILES string of the molecule is CSc1sc2c(sc3c(SC)c(SC)sc32)c1SC. The molecule has 3 rings (SSSR count). The Morgan fingerprint density at radius 2 is 0.947 bits per heavy atom. The number of hydrogen-bond donors (Lipinski definition) is 0. The van der Waals surface area contributed by atoms with Crippen molar-refractivity contribution in [2.45, 2.75) is 18.2 Å². The molecule has 0 aromatic carbocycles. The molecule has 0 atom stereocenters. The highest BCUT2D eigenvalue weighted by Crippen LogP contribution is 2.55. The van der Waals surface area contributed by atoms with Crippen molar-refractivity contribution >= 4 is 99.9 Å². The molecule has 0 saturated carbocycles. The van der Waals surface area contributed by atoms with Crippen molar-refractivity contribution in [2.75, 3.05) is 25.0 Å². The van der Waals surface area contributed by atoms with Crippen LogP contribution >= 0.6 is 81.1 Å². The fourth-order valence-corrected chi connectivity index (χ4v) is 10.9. The lowest BCUT2D eigenvalue weighted by molar-refractivity contribution is 1.47. The highest BCUT2D eigenvalue weighted by molar-refractivity contribution is 8.04. The van der Waals surface area contributed by atoms with Crippen molar-refractivity contribution in [1.29, 1.82) is 0 Å². The molecule has 0 unspecified atom stereocenters. The molecule has 0 spiro atoms. The topological polar surface area (TPSA) is 0 Å². The molecule has 0 fully saturated rings. The summed E-state index contributed by atoms with van der Waals surface area (Å²) in [6.45, 7) is 0. The van der Waals surface area contributed by atoms with Crippen molar-refractivity contribution in [3.63, 3.8) is 0 Å². The van der Waals surface area contributed by atoms with Crippen LogP contribution in [0.2, 0.25) is 0 Å². The van der Waals surface area contributed by atoms with Gasteiger partial charge in [0.05, 0.1) is 27.2 Å². The van der Waals surface area contributed by atoms with Gasteiger partial charge in [-0.1, -0.05) is 0 Å². The van der Waals surface area contributed by atoms with E-state index >= 15 is 0 Å². The fourth-order valence-electron chi connectivity index (χ4n) is 1.97. The quantitative estimate of drug-likeness (QED) is 0.444. The van der Waals surface area contributed by atoms with E-state index in [9.17, 15) is 0 Å². The maximum absolute atomic E-state index is 2.19. The molecule has 19 heavy (non-hydrogen) atoms. The van der Waals surface area contributed by atoms with Crippen molar-refractivity contribution < 1.29 is 0 Å². The lowest BCUT2D eigenvalue weighted by Gasteiger charge is -1.96. The first-order chi connectivity index (χ1) is 9.24. The zero-order valence-electron chi connectivity index (χ0n) is 10.9. The maximum Gasteiger partial charge on any atom is 0.0753 e. The van der Waals surface area contributed by atoms with E-state index in [0.717, 1.165) is 0 Å². The smallest absolute Gasteiger partial charge is 0.0753 e. The Morgan fingerprint density at radius 1 is 0.526 bits per heavy atom. The third-order valence-electron chi connectivity index (χ3n) is 2.77. The second-order valence-electron chi connectivity index (χ2n) is 3.67. The van der Waals surface area contributed by atoms with E-state index < -0.39 is 0 Å². The zero-order valence-corrected chi connectivity index (χ0v) is 16.6. The minimum atomic E-state index is 1.47. The van der Waals surface area contributed by atoms with Crippen LogP contribution in [0.3, 0.4) is 0 Å². The van der Waals surface area contributed by atoms with Crippen LogP contribution in [0.1, 0.15) is 0 Å². The Labute approximate surface area is 142 Å². The Morgan fingerprint density at radius 3 is 1.26 bits per heavy atom. The van der Waals surface area contributed by atoms with E-state index in [1.165, 1.54) is 37.0 Å². The number of thiophene rings is 3. The van der Waals surface area contributed by atoms with Gasteiger partial charge in [-0.05, 0) is 25.0 Å². The molecule has 3 heterocycles. The molecule has 0 aliphatic heterocycles. The Kier molecular flexibility index (Phi) is 4.74. The van der Waals surface area contributed by atoms with Gasteiger partial charge in [0.25, 0.3) is 0 Å². The van der Waals surface area contributed by atoms with Gasteiger partial charge < -0.3 is 0 Å². The van der Waals surface area contributed by atoms with Crippen molar-refractivity contribution in [3.05, 3.63) is 0 Å². The summed E-state index contributed by atoms with van der Waals surface area (Å²) in [5.41, 5.74) is 0. The van der Waals surface area contributed by atoms with Crippen LogP contribution in [0, 0.1) is 0 Å².